The number of nitrogens with one attached hydrogen (secondary N) is 1. The topological polar surface area (TPSA) is 22.9 Å². The second-order valence-electron chi connectivity index (χ2n) is 4.49. The molecule has 1 fully saturated rings. The molecule has 1 aromatic rings. The number of hydrogen-bond donors (Lipinski definition) is 1. The minimum atomic E-state index is -4.32. The van der Waals surface area contributed by atoms with Gasteiger partial charge in [0.05, 0.1) is 18.8 Å². The second kappa shape index (κ2) is 6.25. The van der Waals surface area contributed by atoms with Gasteiger partial charge in [-0.1, -0.05) is 6.07 Å². The molecule has 19 heavy (non-hydrogen) atoms. The first kappa shape index (κ1) is 14.1. The number of benzene rings is 1. The summed E-state index contributed by atoms with van der Waals surface area (Å²) in [5.41, 5.74) is -0.677. The first-order chi connectivity index (χ1) is 9.05. The molecule has 1 aliphatic heterocycles. The zero-order valence-electron chi connectivity index (χ0n) is 10.5. The minimum absolute atomic E-state index is 0.266. The monoisotopic (exact) mass is 276 g/mol. The van der Waals surface area contributed by atoms with E-state index >= 15 is 0 Å². The largest absolute Gasteiger partial charge is 0.488 e. The molecule has 0 unspecified atom stereocenters. The summed E-state index contributed by atoms with van der Waals surface area (Å²) in [6, 6.07) is 4.98. The van der Waals surface area contributed by atoms with Crippen molar-refractivity contribution in [2.24, 2.45) is 0 Å². The Labute approximate surface area is 109 Å². The molecular weight excluding hydrogens is 259 g/mol. The van der Waals surface area contributed by atoms with Crippen molar-refractivity contribution in [2.75, 3.05) is 39.5 Å². The number of alkyl halides is 3. The van der Waals surface area contributed by atoms with Crippen LogP contribution in [0.25, 0.3) is 0 Å². The smallest absolute Gasteiger partial charge is 0.416 e. The van der Waals surface area contributed by atoms with E-state index in [2.05, 4.69) is 0 Å². The van der Waals surface area contributed by atoms with E-state index < -0.39 is 11.7 Å². The third-order valence-electron chi connectivity index (χ3n) is 3.09. The quantitative estimate of drug-likeness (QED) is 0.886. The Balaban J connectivity index is 1.82. The Morgan fingerprint density at radius 2 is 1.95 bits per heavy atom. The highest BCUT2D eigenvalue weighted by Crippen LogP contribution is 2.31. The van der Waals surface area contributed by atoms with Crippen LogP contribution in [0, 0.1) is 0 Å². The molecule has 1 aromatic carbocycles. The molecule has 1 saturated heterocycles. The fourth-order valence-corrected chi connectivity index (χ4v) is 1.99. The molecule has 0 spiro atoms. The lowest BCUT2D eigenvalue weighted by molar-refractivity contribution is -0.908. The number of halogens is 3. The van der Waals surface area contributed by atoms with Crippen LogP contribution in [0.1, 0.15) is 5.56 Å². The van der Waals surface area contributed by atoms with Gasteiger partial charge in [0.15, 0.2) is 0 Å². The normalized spacial score (nSPS) is 17.4. The van der Waals surface area contributed by atoms with Crippen molar-refractivity contribution in [3.63, 3.8) is 0 Å². The number of quaternary nitrogens is 1. The standard InChI is InChI=1S/C13H16F3NO2/c14-13(15,16)11-2-1-3-12(10-11)19-9-6-17-4-7-18-8-5-17/h1-3,10H,4-9H2/p+1. The van der Waals surface area contributed by atoms with Crippen LogP contribution < -0.4 is 9.64 Å². The summed E-state index contributed by atoms with van der Waals surface area (Å²) in [5.74, 6) is 0.266. The molecule has 0 atom stereocenters. The van der Waals surface area contributed by atoms with Crippen LogP contribution in [-0.2, 0) is 10.9 Å². The Hall–Kier alpha value is -1.27. The third kappa shape index (κ3) is 4.40. The van der Waals surface area contributed by atoms with E-state index in [9.17, 15) is 13.2 Å². The summed E-state index contributed by atoms with van der Waals surface area (Å²) in [4.78, 5) is 1.36. The van der Waals surface area contributed by atoms with Crippen molar-refractivity contribution < 1.29 is 27.5 Å². The van der Waals surface area contributed by atoms with E-state index in [1.54, 1.807) is 6.07 Å². The molecule has 2 rings (SSSR count). The van der Waals surface area contributed by atoms with Crippen LogP contribution in [0.2, 0.25) is 0 Å². The predicted molar refractivity (Wildman–Crippen MR) is 63.3 cm³/mol. The Bertz CT molecular complexity index is 403. The first-order valence-electron chi connectivity index (χ1n) is 6.27. The predicted octanol–water partition coefficient (Wildman–Crippen LogP) is 0.999. The summed E-state index contributed by atoms with van der Waals surface area (Å²) >= 11 is 0. The SMILES string of the molecule is FC(F)(F)c1cccc(OCC[NH+]2CCOCC2)c1. The van der Waals surface area contributed by atoms with E-state index in [0.717, 1.165) is 45.0 Å². The van der Waals surface area contributed by atoms with Crippen molar-refractivity contribution in [3.05, 3.63) is 29.8 Å². The molecule has 0 saturated carbocycles. The zero-order chi connectivity index (χ0) is 13.7. The average Bonchev–Trinajstić information content (AvgIpc) is 2.39. The van der Waals surface area contributed by atoms with E-state index in [0.29, 0.717) is 6.61 Å². The lowest BCUT2D eigenvalue weighted by atomic mass is 10.2. The number of rotatable bonds is 4. The van der Waals surface area contributed by atoms with E-state index in [1.807, 2.05) is 0 Å². The van der Waals surface area contributed by atoms with Crippen molar-refractivity contribution >= 4 is 0 Å². The van der Waals surface area contributed by atoms with E-state index in [-0.39, 0.29) is 5.75 Å². The fraction of sp³-hybridized carbons (Fsp3) is 0.538. The lowest BCUT2D eigenvalue weighted by Crippen LogP contribution is -3.14. The maximum atomic E-state index is 12.5. The molecule has 106 valence electrons. The molecular formula is C13H17F3NO2+. The summed E-state index contributed by atoms with van der Waals surface area (Å²) in [7, 11) is 0. The third-order valence-corrected chi connectivity index (χ3v) is 3.09. The average molecular weight is 276 g/mol. The van der Waals surface area contributed by atoms with Crippen molar-refractivity contribution in [1.29, 1.82) is 0 Å². The highest BCUT2D eigenvalue weighted by Gasteiger charge is 2.30. The van der Waals surface area contributed by atoms with Crippen LogP contribution in [0.15, 0.2) is 24.3 Å². The van der Waals surface area contributed by atoms with Gasteiger partial charge in [0, 0.05) is 0 Å². The molecule has 3 nitrogen and oxygen atoms in total. The molecule has 0 amide bonds. The minimum Gasteiger partial charge on any atom is -0.488 e. The molecule has 1 N–H and O–H groups in total. The maximum absolute atomic E-state index is 12.5. The van der Waals surface area contributed by atoms with Crippen LogP contribution >= 0.6 is 0 Å². The van der Waals surface area contributed by atoms with Gasteiger partial charge in [-0.3, -0.25) is 0 Å². The van der Waals surface area contributed by atoms with E-state index in [1.165, 1.54) is 11.0 Å². The summed E-state index contributed by atoms with van der Waals surface area (Å²) < 4.78 is 48.1. The Kier molecular flexibility index (Phi) is 4.66. The van der Waals surface area contributed by atoms with Crippen LogP contribution in [0.3, 0.4) is 0 Å². The highest BCUT2D eigenvalue weighted by atomic mass is 19.4. The van der Waals surface area contributed by atoms with Gasteiger partial charge < -0.3 is 14.4 Å². The van der Waals surface area contributed by atoms with Crippen LogP contribution in [0.4, 0.5) is 13.2 Å². The fourth-order valence-electron chi connectivity index (χ4n) is 1.99. The molecule has 1 heterocycles. The second-order valence-corrected chi connectivity index (χ2v) is 4.49. The summed E-state index contributed by atoms with van der Waals surface area (Å²) in [6.07, 6.45) is -4.32. The van der Waals surface area contributed by atoms with Crippen molar-refractivity contribution in [1.82, 2.24) is 0 Å². The van der Waals surface area contributed by atoms with Gasteiger partial charge in [0.1, 0.15) is 32.0 Å². The van der Waals surface area contributed by atoms with Gasteiger partial charge in [-0.2, -0.15) is 13.2 Å². The first-order valence-corrected chi connectivity index (χ1v) is 6.27. The molecule has 0 bridgehead atoms. The van der Waals surface area contributed by atoms with Gasteiger partial charge in [-0.25, -0.2) is 0 Å². The molecule has 1 aliphatic rings. The van der Waals surface area contributed by atoms with Crippen LogP contribution in [-0.4, -0.2) is 39.5 Å². The van der Waals surface area contributed by atoms with Crippen molar-refractivity contribution in [2.45, 2.75) is 6.18 Å². The number of hydrogen-bond acceptors (Lipinski definition) is 2. The highest BCUT2D eigenvalue weighted by molar-refractivity contribution is 5.30. The summed E-state index contributed by atoms with van der Waals surface area (Å²) in [5, 5.41) is 0. The maximum Gasteiger partial charge on any atom is 0.416 e. The van der Waals surface area contributed by atoms with Gasteiger partial charge in [-0.05, 0) is 18.2 Å². The molecule has 0 aliphatic carbocycles. The molecule has 0 aromatic heterocycles. The zero-order valence-corrected chi connectivity index (χ0v) is 10.5. The molecule has 0 radical (unpaired) electrons. The number of morpholine rings is 1. The van der Waals surface area contributed by atoms with Crippen molar-refractivity contribution in [3.8, 4) is 5.75 Å². The van der Waals surface area contributed by atoms with Gasteiger partial charge >= 0.3 is 6.18 Å². The lowest BCUT2D eigenvalue weighted by Gasteiger charge is -2.23. The van der Waals surface area contributed by atoms with Gasteiger partial charge in [-0.15, -0.1) is 0 Å². The van der Waals surface area contributed by atoms with Crippen LogP contribution in [0.5, 0.6) is 5.75 Å². The van der Waals surface area contributed by atoms with Gasteiger partial charge in [0.2, 0.25) is 0 Å². The van der Waals surface area contributed by atoms with Gasteiger partial charge in [0.25, 0.3) is 0 Å². The molecule has 6 heteroatoms. The summed E-state index contributed by atoms with van der Waals surface area (Å²) in [6.45, 7) is 4.51. The van der Waals surface area contributed by atoms with E-state index in [4.69, 9.17) is 9.47 Å². The Morgan fingerprint density at radius 1 is 1.21 bits per heavy atom. The number of ether oxygens (including phenoxy) is 2. The Morgan fingerprint density at radius 3 is 2.63 bits per heavy atom.